The van der Waals surface area contributed by atoms with Crippen LogP contribution in [0.25, 0.3) is 0 Å². The lowest BCUT2D eigenvalue weighted by atomic mass is 10.3. The topological polar surface area (TPSA) is 61.4 Å². The van der Waals surface area contributed by atoms with Crippen LogP contribution in [-0.2, 0) is 0 Å². The van der Waals surface area contributed by atoms with Crippen molar-refractivity contribution in [3.05, 3.63) is 47.8 Å². The van der Waals surface area contributed by atoms with E-state index in [9.17, 15) is 13.6 Å². The van der Waals surface area contributed by atoms with Crippen molar-refractivity contribution in [3.63, 3.8) is 0 Å². The molecular weight excluding hydrogens is 316 g/mol. The van der Waals surface area contributed by atoms with Gasteiger partial charge in [-0.3, -0.25) is 4.79 Å². The molecule has 8 heteroatoms. The number of benzene rings is 1. The molecule has 0 atom stereocenters. The van der Waals surface area contributed by atoms with E-state index in [-0.39, 0.29) is 23.2 Å². The van der Waals surface area contributed by atoms with E-state index in [2.05, 4.69) is 20.2 Å². The lowest BCUT2D eigenvalue weighted by molar-refractivity contribution is 0.0658. The molecule has 0 aliphatic carbocycles. The molecule has 1 N–H and O–H groups in total. The average Bonchev–Trinajstić information content (AvgIpc) is 2.58. The summed E-state index contributed by atoms with van der Waals surface area (Å²) in [4.78, 5) is 24.5. The maximum Gasteiger partial charge on any atom is 0.272 e. The van der Waals surface area contributed by atoms with E-state index in [0.717, 1.165) is 25.2 Å². The first-order chi connectivity index (χ1) is 11.5. The Kier molecular flexibility index (Phi) is 4.66. The number of hydrogen-bond acceptors (Lipinski definition) is 5. The number of likely N-dealkylation sites (N-methyl/N-ethyl adjacent to an activating group) is 1. The van der Waals surface area contributed by atoms with Gasteiger partial charge in [-0.15, -0.1) is 0 Å². The van der Waals surface area contributed by atoms with Crippen LogP contribution in [0.5, 0.6) is 0 Å². The minimum absolute atomic E-state index is 0.0422. The molecule has 0 spiro atoms. The Balaban J connectivity index is 1.75. The molecule has 1 aromatic heterocycles. The van der Waals surface area contributed by atoms with Gasteiger partial charge < -0.3 is 15.1 Å². The van der Waals surface area contributed by atoms with E-state index in [0.29, 0.717) is 13.1 Å². The van der Waals surface area contributed by atoms with E-state index >= 15 is 0 Å². The van der Waals surface area contributed by atoms with E-state index in [1.54, 1.807) is 4.90 Å². The standard InChI is InChI=1S/C16H17F2N5O/c1-22-6-8-23(9-7-22)15(24)14-4-5-19-16(21-14)20-13-3-2-11(17)10-12(13)18/h2-5,10H,6-9H2,1H3,(H,19,20,21). The summed E-state index contributed by atoms with van der Waals surface area (Å²) < 4.78 is 26.6. The van der Waals surface area contributed by atoms with Gasteiger partial charge in [-0.25, -0.2) is 18.7 Å². The fourth-order valence-electron chi connectivity index (χ4n) is 2.42. The minimum Gasteiger partial charge on any atom is -0.335 e. The second-order valence-corrected chi connectivity index (χ2v) is 5.61. The van der Waals surface area contributed by atoms with Crippen LogP contribution in [0.3, 0.4) is 0 Å². The summed E-state index contributed by atoms with van der Waals surface area (Å²) in [5.41, 5.74) is 0.278. The summed E-state index contributed by atoms with van der Waals surface area (Å²) in [6, 6.07) is 4.67. The fraction of sp³-hybridized carbons (Fsp3) is 0.312. The highest BCUT2D eigenvalue weighted by molar-refractivity contribution is 5.92. The molecule has 1 saturated heterocycles. The van der Waals surface area contributed by atoms with Gasteiger partial charge in [0.1, 0.15) is 17.3 Å². The number of amides is 1. The Labute approximate surface area is 138 Å². The van der Waals surface area contributed by atoms with Gasteiger partial charge in [-0.1, -0.05) is 0 Å². The molecule has 1 aliphatic rings. The number of nitrogens with one attached hydrogen (secondary N) is 1. The predicted molar refractivity (Wildman–Crippen MR) is 85.1 cm³/mol. The molecule has 1 fully saturated rings. The van der Waals surface area contributed by atoms with Crippen LogP contribution in [0.2, 0.25) is 0 Å². The number of piperazine rings is 1. The van der Waals surface area contributed by atoms with Crippen molar-refractivity contribution < 1.29 is 13.6 Å². The van der Waals surface area contributed by atoms with E-state index in [4.69, 9.17) is 0 Å². The largest absolute Gasteiger partial charge is 0.335 e. The van der Waals surface area contributed by atoms with Crippen molar-refractivity contribution in [2.75, 3.05) is 38.5 Å². The Bertz CT molecular complexity index is 747. The first-order valence-corrected chi connectivity index (χ1v) is 7.56. The molecule has 3 rings (SSSR count). The molecule has 1 aromatic carbocycles. The molecule has 1 amide bonds. The Morgan fingerprint density at radius 2 is 1.92 bits per heavy atom. The van der Waals surface area contributed by atoms with Crippen molar-refractivity contribution in [1.29, 1.82) is 0 Å². The van der Waals surface area contributed by atoms with Crippen molar-refractivity contribution in [2.24, 2.45) is 0 Å². The maximum absolute atomic E-state index is 13.7. The number of anilines is 2. The molecule has 1 aliphatic heterocycles. The Hall–Kier alpha value is -2.61. The molecule has 126 valence electrons. The molecule has 0 bridgehead atoms. The summed E-state index contributed by atoms with van der Waals surface area (Å²) in [5, 5.41) is 2.66. The number of carbonyl (C=O) groups is 1. The Morgan fingerprint density at radius 3 is 2.62 bits per heavy atom. The first-order valence-electron chi connectivity index (χ1n) is 7.56. The lowest BCUT2D eigenvalue weighted by Crippen LogP contribution is -2.47. The lowest BCUT2D eigenvalue weighted by Gasteiger charge is -2.32. The van der Waals surface area contributed by atoms with Gasteiger partial charge >= 0.3 is 0 Å². The van der Waals surface area contributed by atoms with Crippen LogP contribution in [-0.4, -0.2) is 58.9 Å². The minimum atomic E-state index is -0.755. The molecular formula is C16H17F2N5O. The summed E-state index contributed by atoms with van der Waals surface area (Å²) in [7, 11) is 2.01. The van der Waals surface area contributed by atoms with Gasteiger partial charge in [0.15, 0.2) is 0 Å². The summed E-state index contributed by atoms with van der Waals surface area (Å²) >= 11 is 0. The molecule has 2 aromatic rings. The highest BCUT2D eigenvalue weighted by Crippen LogP contribution is 2.18. The normalized spacial score (nSPS) is 15.4. The van der Waals surface area contributed by atoms with Crippen LogP contribution < -0.4 is 5.32 Å². The Morgan fingerprint density at radius 1 is 1.17 bits per heavy atom. The summed E-state index contributed by atoms with van der Waals surface area (Å²) in [5.74, 6) is -1.53. The molecule has 6 nitrogen and oxygen atoms in total. The zero-order valence-electron chi connectivity index (χ0n) is 13.2. The highest BCUT2D eigenvalue weighted by atomic mass is 19.1. The number of rotatable bonds is 3. The van der Waals surface area contributed by atoms with Crippen LogP contribution in [0.15, 0.2) is 30.5 Å². The van der Waals surface area contributed by atoms with Gasteiger partial charge in [-0.2, -0.15) is 0 Å². The monoisotopic (exact) mass is 333 g/mol. The SMILES string of the molecule is CN1CCN(C(=O)c2ccnc(Nc3ccc(F)cc3F)n2)CC1. The van der Waals surface area contributed by atoms with Gasteiger partial charge in [0, 0.05) is 38.4 Å². The third kappa shape index (κ3) is 3.65. The summed E-state index contributed by atoms with van der Waals surface area (Å²) in [6.45, 7) is 2.88. The highest BCUT2D eigenvalue weighted by Gasteiger charge is 2.21. The second-order valence-electron chi connectivity index (χ2n) is 5.61. The van der Waals surface area contributed by atoms with Gasteiger partial charge in [-0.05, 0) is 25.2 Å². The zero-order chi connectivity index (χ0) is 17.1. The van der Waals surface area contributed by atoms with Crippen molar-refractivity contribution in [2.45, 2.75) is 0 Å². The predicted octanol–water partition coefficient (Wildman–Crippen LogP) is 1.89. The summed E-state index contributed by atoms with van der Waals surface area (Å²) in [6.07, 6.45) is 1.43. The third-order valence-electron chi connectivity index (χ3n) is 3.84. The molecule has 0 unspecified atom stereocenters. The van der Waals surface area contributed by atoms with Crippen molar-refractivity contribution in [3.8, 4) is 0 Å². The molecule has 0 saturated carbocycles. The second kappa shape index (κ2) is 6.88. The smallest absolute Gasteiger partial charge is 0.272 e. The van der Waals surface area contributed by atoms with E-state index in [1.165, 1.54) is 18.3 Å². The zero-order valence-corrected chi connectivity index (χ0v) is 13.2. The van der Waals surface area contributed by atoms with Crippen LogP contribution in [0.4, 0.5) is 20.4 Å². The number of hydrogen-bond donors (Lipinski definition) is 1. The first kappa shape index (κ1) is 16.3. The van der Waals surface area contributed by atoms with E-state index in [1.807, 2.05) is 7.05 Å². The number of aromatic nitrogens is 2. The van der Waals surface area contributed by atoms with Gasteiger partial charge in [0.05, 0.1) is 5.69 Å². The van der Waals surface area contributed by atoms with Crippen molar-refractivity contribution >= 4 is 17.5 Å². The molecule has 24 heavy (non-hydrogen) atoms. The van der Waals surface area contributed by atoms with Crippen molar-refractivity contribution in [1.82, 2.24) is 19.8 Å². The fourth-order valence-corrected chi connectivity index (χ4v) is 2.42. The number of halogens is 2. The van der Waals surface area contributed by atoms with Crippen LogP contribution in [0, 0.1) is 11.6 Å². The maximum atomic E-state index is 13.7. The molecule has 2 heterocycles. The molecule has 0 radical (unpaired) electrons. The van der Waals surface area contributed by atoms with Crippen LogP contribution in [0.1, 0.15) is 10.5 Å². The van der Waals surface area contributed by atoms with Crippen LogP contribution >= 0.6 is 0 Å². The quantitative estimate of drug-likeness (QED) is 0.929. The third-order valence-corrected chi connectivity index (χ3v) is 3.84. The van der Waals surface area contributed by atoms with Gasteiger partial charge in [0.2, 0.25) is 5.95 Å². The van der Waals surface area contributed by atoms with Gasteiger partial charge in [0.25, 0.3) is 5.91 Å². The number of carbonyl (C=O) groups excluding carboxylic acids is 1. The number of nitrogens with zero attached hydrogens (tertiary/aromatic N) is 4. The van der Waals surface area contributed by atoms with E-state index < -0.39 is 11.6 Å². The average molecular weight is 333 g/mol.